The standard InChI is InChI=1S/C18H15FIN/c1-12-17(20)11-15(13-7-3-2-4-8-13)18(21-12)14-9-5-6-10-16(14)19/h2-10,17,21H,1,11H2. The summed E-state index contributed by atoms with van der Waals surface area (Å²) in [6, 6.07) is 17.0. The van der Waals surface area contributed by atoms with Crippen molar-refractivity contribution in [2.45, 2.75) is 10.3 Å². The fourth-order valence-electron chi connectivity index (χ4n) is 2.51. The molecule has 0 bridgehead atoms. The van der Waals surface area contributed by atoms with E-state index in [2.05, 4.69) is 46.6 Å². The van der Waals surface area contributed by atoms with Gasteiger partial charge in [0.1, 0.15) is 5.82 Å². The van der Waals surface area contributed by atoms with Crippen LogP contribution in [0.15, 0.2) is 66.9 Å². The van der Waals surface area contributed by atoms with Crippen LogP contribution in [0.4, 0.5) is 4.39 Å². The van der Waals surface area contributed by atoms with Gasteiger partial charge in [-0.2, -0.15) is 0 Å². The van der Waals surface area contributed by atoms with Gasteiger partial charge in [0.15, 0.2) is 0 Å². The number of allylic oxidation sites excluding steroid dienone is 2. The predicted octanol–water partition coefficient (Wildman–Crippen LogP) is 5.00. The SMILES string of the molecule is C=C1NC(c2ccccc2F)=C(c2ccccc2)CC1I. The lowest BCUT2D eigenvalue weighted by Gasteiger charge is -2.28. The minimum absolute atomic E-state index is 0.215. The van der Waals surface area contributed by atoms with Crippen molar-refractivity contribution in [3.63, 3.8) is 0 Å². The Balaban J connectivity index is 2.19. The van der Waals surface area contributed by atoms with Gasteiger partial charge in [-0.3, -0.25) is 0 Å². The lowest BCUT2D eigenvalue weighted by Crippen LogP contribution is -2.25. The van der Waals surface area contributed by atoms with Crippen molar-refractivity contribution in [1.29, 1.82) is 0 Å². The lowest BCUT2D eigenvalue weighted by molar-refractivity contribution is 0.622. The van der Waals surface area contributed by atoms with Crippen molar-refractivity contribution in [2.75, 3.05) is 0 Å². The molecule has 0 fully saturated rings. The molecule has 0 spiro atoms. The Morgan fingerprint density at radius 2 is 1.71 bits per heavy atom. The van der Waals surface area contributed by atoms with Gasteiger partial charge in [0.25, 0.3) is 0 Å². The van der Waals surface area contributed by atoms with Gasteiger partial charge in [0.05, 0.1) is 9.62 Å². The Hall–Kier alpha value is -1.62. The third-order valence-corrected chi connectivity index (χ3v) is 4.81. The molecule has 106 valence electrons. The van der Waals surface area contributed by atoms with Crippen LogP contribution in [0, 0.1) is 5.82 Å². The fraction of sp³-hybridized carbons (Fsp3) is 0.111. The molecule has 1 aliphatic heterocycles. The summed E-state index contributed by atoms with van der Waals surface area (Å²) in [4.78, 5) is 0. The van der Waals surface area contributed by atoms with Crippen LogP contribution in [0.25, 0.3) is 11.3 Å². The normalized spacial score (nSPS) is 18.6. The molecule has 21 heavy (non-hydrogen) atoms. The van der Waals surface area contributed by atoms with E-state index < -0.39 is 0 Å². The summed E-state index contributed by atoms with van der Waals surface area (Å²) in [6.07, 6.45) is 0.847. The second kappa shape index (κ2) is 6.02. The van der Waals surface area contributed by atoms with Crippen LogP contribution in [-0.4, -0.2) is 3.92 Å². The molecule has 0 saturated heterocycles. The van der Waals surface area contributed by atoms with Crippen molar-refractivity contribution < 1.29 is 4.39 Å². The molecule has 2 aromatic carbocycles. The number of alkyl halides is 1. The minimum atomic E-state index is -0.215. The van der Waals surface area contributed by atoms with Crippen LogP contribution in [-0.2, 0) is 0 Å². The first-order chi connectivity index (χ1) is 10.2. The van der Waals surface area contributed by atoms with Gasteiger partial charge in [-0.1, -0.05) is 71.6 Å². The van der Waals surface area contributed by atoms with Crippen LogP contribution < -0.4 is 5.32 Å². The highest BCUT2D eigenvalue weighted by molar-refractivity contribution is 14.1. The molecule has 1 N–H and O–H groups in total. The Labute approximate surface area is 137 Å². The van der Waals surface area contributed by atoms with Crippen LogP contribution >= 0.6 is 22.6 Å². The average Bonchev–Trinajstić information content (AvgIpc) is 2.51. The summed E-state index contributed by atoms with van der Waals surface area (Å²) < 4.78 is 14.5. The predicted molar refractivity (Wildman–Crippen MR) is 94.4 cm³/mol. The zero-order valence-corrected chi connectivity index (χ0v) is 13.6. The first-order valence-corrected chi connectivity index (χ1v) is 8.04. The maximum Gasteiger partial charge on any atom is 0.132 e. The molecule has 0 aliphatic carbocycles. The summed E-state index contributed by atoms with van der Waals surface area (Å²) >= 11 is 2.37. The molecule has 2 aromatic rings. The Bertz CT molecular complexity index is 706. The molecular weight excluding hydrogens is 376 g/mol. The second-order valence-electron chi connectivity index (χ2n) is 5.02. The first kappa shape index (κ1) is 14.3. The summed E-state index contributed by atoms with van der Waals surface area (Å²) in [6.45, 7) is 4.05. The summed E-state index contributed by atoms with van der Waals surface area (Å²) in [7, 11) is 0. The van der Waals surface area contributed by atoms with Crippen LogP contribution in [0.3, 0.4) is 0 Å². The quantitative estimate of drug-likeness (QED) is 0.561. The highest BCUT2D eigenvalue weighted by Gasteiger charge is 2.24. The molecule has 1 unspecified atom stereocenters. The van der Waals surface area contributed by atoms with Crippen molar-refractivity contribution in [1.82, 2.24) is 5.32 Å². The summed E-state index contributed by atoms with van der Waals surface area (Å²) in [5.74, 6) is -0.215. The molecular formula is C18H15FIN. The van der Waals surface area contributed by atoms with E-state index in [9.17, 15) is 4.39 Å². The maximum atomic E-state index is 14.2. The van der Waals surface area contributed by atoms with E-state index in [0.717, 1.165) is 29.0 Å². The molecule has 0 saturated carbocycles. The molecule has 1 nitrogen and oxygen atoms in total. The van der Waals surface area contributed by atoms with E-state index in [1.807, 2.05) is 24.3 Å². The van der Waals surface area contributed by atoms with Gasteiger partial charge in [-0.25, -0.2) is 4.39 Å². The van der Waals surface area contributed by atoms with E-state index in [1.54, 1.807) is 12.1 Å². The van der Waals surface area contributed by atoms with Crippen molar-refractivity contribution in [3.8, 4) is 0 Å². The van der Waals surface area contributed by atoms with E-state index >= 15 is 0 Å². The topological polar surface area (TPSA) is 12.0 Å². The molecule has 0 radical (unpaired) electrons. The number of hydrogen-bond donors (Lipinski definition) is 1. The second-order valence-corrected chi connectivity index (χ2v) is 6.52. The van der Waals surface area contributed by atoms with Crippen LogP contribution in [0.1, 0.15) is 17.5 Å². The van der Waals surface area contributed by atoms with Crippen molar-refractivity contribution in [2.24, 2.45) is 0 Å². The van der Waals surface area contributed by atoms with Crippen LogP contribution in [0.5, 0.6) is 0 Å². The average molecular weight is 391 g/mol. The minimum Gasteiger partial charge on any atom is -0.358 e. The van der Waals surface area contributed by atoms with Crippen molar-refractivity contribution >= 4 is 33.9 Å². The number of nitrogens with one attached hydrogen (secondary N) is 1. The number of benzene rings is 2. The molecule has 3 heteroatoms. The molecule has 0 aromatic heterocycles. The van der Waals surface area contributed by atoms with Gasteiger partial charge in [-0.05, 0) is 29.7 Å². The van der Waals surface area contributed by atoms with E-state index in [1.165, 1.54) is 6.07 Å². The van der Waals surface area contributed by atoms with E-state index in [-0.39, 0.29) is 5.82 Å². The maximum absolute atomic E-state index is 14.2. The lowest BCUT2D eigenvalue weighted by atomic mass is 9.92. The molecule has 1 aliphatic rings. The summed E-state index contributed by atoms with van der Waals surface area (Å²) in [5.41, 5.74) is 4.61. The van der Waals surface area contributed by atoms with Gasteiger partial charge in [0.2, 0.25) is 0 Å². The largest absolute Gasteiger partial charge is 0.358 e. The Kier molecular flexibility index (Phi) is 4.10. The monoisotopic (exact) mass is 391 g/mol. The van der Waals surface area contributed by atoms with Crippen LogP contribution in [0.2, 0.25) is 0 Å². The third-order valence-electron chi connectivity index (χ3n) is 3.61. The zero-order valence-electron chi connectivity index (χ0n) is 11.4. The van der Waals surface area contributed by atoms with Gasteiger partial charge >= 0.3 is 0 Å². The Morgan fingerprint density at radius 3 is 2.43 bits per heavy atom. The highest BCUT2D eigenvalue weighted by atomic mass is 127. The number of rotatable bonds is 2. The van der Waals surface area contributed by atoms with Gasteiger partial charge < -0.3 is 5.32 Å². The van der Waals surface area contributed by atoms with E-state index in [4.69, 9.17) is 0 Å². The fourth-order valence-corrected chi connectivity index (χ4v) is 3.11. The summed E-state index contributed by atoms with van der Waals surface area (Å²) in [5, 5.41) is 3.31. The first-order valence-electron chi connectivity index (χ1n) is 6.80. The zero-order chi connectivity index (χ0) is 14.8. The van der Waals surface area contributed by atoms with Gasteiger partial charge in [-0.15, -0.1) is 0 Å². The highest BCUT2D eigenvalue weighted by Crippen LogP contribution is 2.37. The number of halogens is 2. The smallest absolute Gasteiger partial charge is 0.132 e. The molecule has 1 atom stereocenters. The molecule has 0 amide bonds. The molecule has 1 heterocycles. The van der Waals surface area contributed by atoms with Crippen molar-refractivity contribution in [3.05, 3.63) is 83.8 Å². The molecule has 3 rings (SSSR count). The van der Waals surface area contributed by atoms with Gasteiger partial charge in [0, 0.05) is 11.3 Å². The Morgan fingerprint density at radius 1 is 1.05 bits per heavy atom. The van der Waals surface area contributed by atoms with E-state index in [0.29, 0.717) is 9.49 Å². The third kappa shape index (κ3) is 2.88. The number of hydrogen-bond acceptors (Lipinski definition) is 1.